The van der Waals surface area contributed by atoms with E-state index < -0.39 is 10.0 Å². The Morgan fingerprint density at radius 2 is 1.80 bits per heavy atom. The number of thiocarbonyl (C=S) groups is 1. The molecular formula is C25H33N5O3S2. The molecule has 0 saturated heterocycles. The molecule has 0 unspecified atom stereocenters. The van der Waals surface area contributed by atoms with E-state index in [9.17, 15) is 8.42 Å². The topological polar surface area (TPSA) is 88.0 Å². The second kappa shape index (κ2) is 12.1. The van der Waals surface area contributed by atoms with Gasteiger partial charge in [0.2, 0.25) is 10.0 Å². The molecule has 0 aliphatic carbocycles. The molecule has 2 aromatic carbocycles. The van der Waals surface area contributed by atoms with Gasteiger partial charge in [-0.05, 0) is 74.4 Å². The molecule has 0 aliphatic rings. The summed E-state index contributed by atoms with van der Waals surface area (Å²) in [6, 6.07) is 12.7. The molecule has 1 heterocycles. The van der Waals surface area contributed by atoms with E-state index in [4.69, 9.17) is 17.0 Å². The summed E-state index contributed by atoms with van der Waals surface area (Å²) in [5.74, 6) is 0.791. The summed E-state index contributed by atoms with van der Waals surface area (Å²) in [6.45, 7) is 7.51. The summed E-state index contributed by atoms with van der Waals surface area (Å²) in [4.78, 5) is 0.286. The van der Waals surface area contributed by atoms with Gasteiger partial charge in [-0.3, -0.25) is 5.43 Å². The highest BCUT2D eigenvalue weighted by molar-refractivity contribution is 7.89. The van der Waals surface area contributed by atoms with E-state index in [1.54, 1.807) is 22.7 Å². The lowest BCUT2D eigenvalue weighted by Crippen LogP contribution is -2.32. The van der Waals surface area contributed by atoms with E-state index in [1.807, 2.05) is 68.9 Å². The van der Waals surface area contributed by atoms with Crippen molar-refractivity contribution in [1.29, 1.82) is 0 Å². The fourth-order valence-corrected chi connectivity index (χ4v) is 5.61. The van der Waals surface area contributed by atoms with E-state index in [-0.39, 0.29) is 4.90 Å². The van der Waals surface area contributed by atoms with Crippen LogP contribution in [0.1, 0.15) is 39.2 Å². The third kappa shape index (κ3) is 6.59. The van der Waals surface area contributed by atoms with Crippen molar-refractivity contribution < 1.29 is 13.2 Å². The molecular weight excluding hydrogens is 482 g/mol. The van der Waals surface area contributed by atoms with Crippen molar-refractivity contribution in [1.82, 2.24) is 14.3 Å². The predicted molar refractivity (Wildman–Crippen MR) is 147 cm³/mol. The molecule has 10 heteroatoms. The largest absolute Gasteiger partial charge is 0.494 e. The number of rotatable bonds is 11. The van der Waals surface area contributed by atoms with E-state index >= 15 is 0 Å². The van der Waals surface area contributed by atoms with Gasteiger partial charge in [0.25, 0.3) is 0 Å². The molecule has 8 nitrogen and oxygen atoms in total. The molecule has 2 N–H and O–H groups in total. The number of hydrazone groups is 1. The van der Waals surface area contributed by atoms with Crippen LogP contribution < -0.4 is 15.5 Å². The first-order valence-electron chi connectivity index (χ1n) is 11.7. The van der Waals surface area contributed by atoms with Crippen molar-refractivity contribution in [2.45, 2.75) is 38.5 Å². The Morgan fingerprint density at radius 3 is 2.43 bits per heavy atom. The van der Waals surface area contributed by atoms with Crippen LogP contribution in [-0.2, 0) is 17.1 Å². The number of anilines is 1. The highest BCUT2D eigenvalue weighted by Crippen LogP contribution is 2.25. The van der Waals surface area contributed by atoms with Crippen molar-refractivity contribution in [3.05, 3.63) is 54.2 Å². The van der Waals surface area contributed by atoms with Crippen molar-refractivity contribution >= 4 is 50.2 Å². The van der Waals surface area contributed by atoms with Gasteiger partial charge in [0.15, 0.2) is 5.11 Å². The summed E-state index contributed by atoms with van der Waals surface area (Å²) in [5.41, 5.74) is 5.32. The Balaban J connectivity index is 1.77. The lowest BCUT2D eigenvalue weighted by molar-refractivity contribution is 0.340. The Bertz CT molecular complexity index is 1280. The molecule has 3 aromatic rings. The molecule has 0 aliphatic heterocycles. The van der Waals surface area contributed by atoms with Crippen molar-refractivity contribution in [3.63, 3.8) is 0 Å². The maximum absolute atomic E-state index is 13.2. The quantitative estimate of drug-likeness (QED) is 0.219. The molecule has 0 radical (unpaired) electrons. The maximum atomic E-state index is 13.2. The van der Waals surface area contributed by atoms with Crippen LogP contribution in [-0.4, -0.2) is 48.3 Å². The first kappa shape index (κ1) is 26.7. The van der Waals surface area contributed by atoms with Gasteiger partial charge in [-0.15, -0.1) is 0 Å². The monoisotopic (exact) mass is 515 g/mol. The van der Waals surface area contributed by atoms with E-state index in [0.29, 0.717) is 24.8 Å². The number of nitrogens with one attached hydrogen (secondary N) is 2. The van der Waals surface area contributed by atoms with E-state index in [1.165, 1.54) is 0 Å². The van der Waals surface area contributed by atoms with Gasteiger partial charge < -0.3 is 14.6 Å². The summed E-state index contributed by atoms with van der Waals surface area (Å²) in [7, 11) is -1.66. The zero-order valence-electron chi connectivity index (χ0n) is 20.6. The number of sulfonamides is 1. The first-order chi connectivity index (χ1) is 16.8. The number of nitrogens with zero attached hydrogens (tertiary/aromatic N) is 3. The summed E-state index contributed by atoms with van der Waals surface area (Å²) in [5, 5.41) is 8.46. The average Bonchev–Trinajstić information content (AvgIpc) is 3.15. The van der Waals surface area contributed by atoms with Crippen LogP contribution in [0.4, 0.5) is 5.69 Å². The molecule has 0 spiro atoms. The Labute approximate surface area is 213 Å². The van der Waals surface area contributed by atoms with Gasteiger partial charge in [-0.2, -0.15) is 9.41 Å². The number of hydrogen-bond acceptors (Lipinski definition) is 5. The predicted octanol–water partition coefficient (Wildman–Crippen LogP) is 4.71. The summed E-state index contributed by atoms with van der Waals surface area (Å²) < 4.78 is 35.4. The number of benzene rings is 2. The van der Waals surface area contributed by atoms with Gasteiger partial charge >= 0.3 is 0 Å². The van der Waals surface area contributed by atoms with Crippen LogP contribution in [0.5, 0.6) is 5.75 Å². The normalized spacial score (nSPS) is 11.9. The lowest BCUT2D eigenvalue weighted by Gasteiger charge is -2.21. The van der Waals surface area contributed by atoms with Gasteiger partial charge in [0.05, 0.1) is 17.7 Å². The minimum absolute atomic E-state index is 0.286. The van der Waals surface area contributed by atoms with Gasteiger partial charge in [-0.1, -0.05) is 13.8 Å². The molecule has 35 heavy (non-hydrogen) atoms. The third-order valence-electron chi connectivity index (χ3n) is 5.37. The van der Waals surface area contributed by atoms with Crippen molar-refractivity contribution in [2.75, 3.05) is 25.0 Å². The zero-order chi connectivity index (χ0) is 25.4. The molecule has 1 aromatic heterocycles. The highest BCUT2D eigenvalue weighted by atomic mass is 32.2. The van der Waals surface area contributed by atoms with Crippen LogP contribution >= 0.6 is 12.2 Å². The van der Waals surface area contributed by atoms with Crippen molar-refractivity contribution in [2.24, 2.45) is 12.1 Å². The number of fused-ring (bicyclic) bond motifs is 1. The molecule has 0 bridgehead atoms. The Kier molecular flexibility index (Phi) is 9.25. The number of aryl methyl sites for hydroxylation is 1. The highest BCUT2D eigenvalue weighted by Gasteiger charge is 2.24. The van der Waals surface area contributed by atoms with Crippen molar-refractivity contribution in [3.8, 4) is 5.75 Å². The van der Waals surface area contributed by atoms with E-state index in [0.717, 1.165) is 40.7 Å². The molecule has 0 amide bonds. The van der Waals surface area contributed by atoms with Crippen LogP contribution in [0, 0.1) is 0 Å². The number of hydrogen-bond donors (Lipinski definition) is 2. The SMILES string of the molecule is CCCN(CCC)S(=O)(=O)c1ccc2c(c1)c(C=NNC(=S)Nc1ccc(OCC)cc1)cn2C. The van der Waals surface area contributed by atoms with Crippen LogP contribution in [0.3, 0.4) is 0 Å². The fraction of sp³-hybridized carbons (Fsp3) is 0.360. The number of aromatic nitrogens is 1. The number of ether oxygens (including phenoxy) is 1. The zero-order valence-corrected chi connectivity index (χ0v) is 22.2. The Morgan fingerprint density at radius 1 is 1.11 bits per heavy atom. The minimum atomic E-state index is -3.58. The second-order valence-corrected chi connectivity index (χ2v) is 10.4. The van der Waals surface area contributed by atoms with Crippen LogP contribution in [0.2, 0.25) is 0 Å². The molecule has 0 atom stereocenters. The van der Waals surface area contributed by atoms with E-state index in [2.05, 4.69) is 15.8 Å². The molecule has 3 rings (SSSR count). The fourth-order valence-electron chi connectivity index (χ4n) is 3.79. The van der Waals surface area contributed by atoms with Crippen LogP contribution in [0.25, 0.3) is 10.9 Å². The standard InChI is InChI=1S/C25H33N5O3S2/c1-5-14-30(15-6-2)35(31,32)22-12-13-24-23(16-22)19(18-29(24)4)17-26-28-25(34)27-20-8-10-21(11-9-20)33-7-3/h8-13,16-18H,5-7,14-15H2,1-4H3,(H2,27,28,34). The third-order valence-corrected chi connectivity index (χ3v) is 7.46. The second-order valence-electron chi connectivity index (χ2n) is 8.06. The Hall–Kier alpha value is -2.95. The van der Waals surface area contributed by atoms with Crippen LogP contribution in [0.15, 0.2) is 58.7 Å². The van der Waals surface area contributed by atoms with Gasteiger partial charge in [-0.25, -0.2) is 8.42 Å². The molecule has 0 fully saturated rings. The lowest BCUT2D eigenvalue weighted by atomic mass is 10.2. The minimum Gasteiger partial charge on any atom is -0.494 e. The average molecular weight is 516 g/mol. The maximum Gasteiger partial charge on any atom is 0.243 e. The molecule has 188 valence electrons. The summed E-state index contributed by atoms with van der Waals surface area (Å²) >= 11 is 5.33. The smallest absolute Gasteiger partial charge is 0.243 e. The summed E-state index contributed by atoms with van der Waals surface area (Å²) in [6.07, 6.45) is 5.08. The van der Waals surface area contributed by atoms with Gasteiger partial charge in [0.1, 0.15) is 5.75 Å². The first-order valence-corrected chi connectivity index (χ1v) is 13.6. The van der Waals surface area contributed by atoms with Gasteiger partial charge in [0, 0.05) is 48.5 Å². The molecule has 0 saturated carbocycles.